The van der Waals surface area contributed by atoms with E-state index in [1.165, 1.54) is 23.9 Å². The zero-order valence-corrected chi connectivity index (χ0v) is 15.4. The molecule has 0 bridgehead atoms. The summed E-state index contributed by atoms with van der Waals surface area (Å²) >= 11 is 1.23. The minimum Gasteiger partial charge on any atom is -0.462 e. The van der Waals surface area contributed by atoms with Crippen LogP contribution in [-0.4, -0.2) is 17.6 Å². The van der Waals surface area contributed by atoms with Gasteiger partial charge >= 0.3 is 12.1 Å². The van der Waals surface area contributed by atoms with Gasteiger partial charge in [-0.3, -0.25) is 4.98 Å². The summed E-state index contributed by atoms with van der Waals surface area (Å²) < 4.78 is 49.8. The van der Waals surface area contributed by atoms with Crippen LogP contribution in [-0.2, 0) is 16.7 Å². The number of carbonyl (C=O) groups excluding carboxylic acids is 1. The summed E-state index contributed by atoms with van der Waals surface area (Å²) in [5, 5.41) is 0.582. The summed E-state index contributed by atoms with van der Waals surface area (Å²) in [4.78, 5) is 16.3. The second-order valence-corrected chi connectivity index (χ2v) is 6.76. The largest absolute Gasteiger partial charge is 0.462 e. The molecule has 0 aliphatic heterocycles. The zero-order chi connectivity index (χ0) is 19.6. The molecular weight excluding hydrogens is 379 g/mol. The maximum absolute atomic E-state index is 13.1. The van der Waals surface area contributed by atoms with Gasteiger partial charge in [0.15, 0.2) is 0 Å². The van der Waals surface area contributed by atoms with Crippen LogP contribution in [0.4, 0.5) is 13.2 Å². The zero-order valence-electron chi connectivity index (χ0n) is 14.6. The second-order valence-electron chi connectivity index (χ2n) is 5.71. The van der Waals surface area contributed by atoms with Crippen molar-refractivity contribution in [2.45, 2.75) is 30.7 Å². The number of hydrogen-bond donors (Lipinski definition) is 0. The Labute approximate surface area is 157 Å². The molecule has 3 aromatic rings. The molecule has 2 aromatic heterocycles. The molecule has 27 heavy (non-hydrogen) atoms. The Morgan fingerprint density at radius 1 is 1.30 bits per heavy atom. The first kappa shape index (κ1) is 19.3. The minimum absolute atomic E-state index is 0.0970. The van der Waals surface area contributed by atoms with Crippen LogP contribution in [0.3, 0.4) is 0 Å². The van der Waals surface area contributed by atoms with Crippen molar-refractivity contribution in [1.82, 2.24) is 4.98 Å². The van der Waals surface area contributed by atoms with Crippen molar-refractivity contribution in [2.24, 2.45) is 0 Å². The molecule has 0 saturated heterocycles. The van der Waals surface area contributed by atoms with Crippen LogP contribution < -0.4 is 0 Å². The minimum atomic E-state index is -4.50. The van der Waals surface area contributed by atoms with Crippen LogP contribution in [0, 0.1) is 6.92 Å². The highest BCUT2D eigenvalue weighted by Gasteiger charge is 2.34. The molecular formula is C19H16F3NO3S. The number of nitrogens with zero attached hydrogens (tertiary/aromatic N) is 1. The summed E-state index contributed by atoms with van der Waals surface area (Å²) in [6.45, 7) is 3.62. The van der Waals surface area contributed by atoms with Gasteiger partial charge < -0.3 is 9.15 Å². The van der Waals surface area contributed by atoms with Gasteiger partial charge in [0.1, 0.15) is 22.6 Å². The van der Waals surface area contributed by atoms with Gasteiger partial charge in [-0.25, -0.2) is 4.79 Å². The van der Waals surface area contributed by atoms with Crippen molar-refractivity contribution in [3.63, 3.8) is 0 Å². The summed E-state index contributed by atoms with van der Waals surface area (Å²) in [7, 11) is 0. The Morgan fingerprint density at radius 2 is 2.07 bits per heavy atom. The smallest absolute Gasteiger partial charge is 0.433 e. The molecule has 0 radical (unpaired) electrons. The quantitative estimate of drug-likeness (QED) is 0.414. The van der Waals surface area contributed by atoms with Gasteiger partial charge in [0.25, 0.3) is 0 Å². The SMILES string of the molecule is CCOC(=O)c1c(C)oc2ccc(SCc3cccnc3C(F)(F)F)cc12. The molecule has 0 spiro atoms. The maximum Gasteiger partial charge on any atom is 0.433 e. The fourth-order valence-corrected chi connectivity index (χ4v) is 3.64. The number of esters is 1. The molecule has 0 aliphatic carbocycles. The third-order valence-corrected chi connectivity index (χ3v) is 4.91. The van der Waals surface area contributed by atoms with E-state index in [9.17, 15) is 18.0 Å². The highest BCUT2D eigenvalue weighted by Crippen LogP contribution is 2.35. The lowest BCUT2D eigenvalue weighted by atomic mass is 10.1. The summed E-state index contributed by atoms with van der Waals surface area (Å²) in [5.74, 6) is 0.0551. The van der Waals surface area contributed by atoms with Crippen molar-refractivity contribution in [1.29, 1.82) is 0 Å². The Bertz CT molecular complexity index is 982. The van der Waals surface area contributed by atoms with E-state index in [2.05, 4.69) is 4.98 Å². The van der Waals surface area contributed by atoms with Crippen molar-refractivity contribution in [3.05, 3.63) is 59.1 Å². The van der Waals surface area contributed by atoms with Crippen LogP contribution in [0.1, 0.15) is 34.3 Å². The third-order valence-electron chi connectivity index (χ3n) is 3.87. The average molecular weight is 395 g/mol. The number of aryl methyl sites for hydroxylation is 1. The predicted molar refractivity (Wildman–Crippen MR) is 95.7 cm³/mol. The Hall–Kier alpha value is -2.48. The Kier molecular flexibility index (Phi) is 5.46. The number of ether oxygens (including phenoxy) is 1. The highest BCUT2D eigenvalue weighted by molar-refractivity contribution is 7.98. The number of furan rings is 1. The summed E-state index contributed by atoms with van der Waals surface area (Å²) in [6, 6.07) is 8.06. The van der Waals surface area contributed by atoms with Crippen molar-refractivity contribution in [3.8, 4) is 0 Å². The van der Waals surface area contributed by atoms with E-state index in [0.717, 1.165) is 6.20 Å². The fourth-order valence-electron chi connectivity index (χ4n) is 2.72. The van der Waals surface area contributed by atoms with E-state index < -0.39 is 17.8 Å². The molecule has 0 atom stereocenters. The Morgan fingerprint density at radius 3 is 2.78 bits per heavy atom. The van der Waals surface area contributed by atoms with Crippen LogP contribution in [0.15, 0.2) is 45.8 Å². The van der Waals surface area contributed by atoms with Crippen LogP contribution in [0.25, 0.3) is 11.0 Å². The molecule has 0 fully saturated rings. The molecule has 0 aliphatic rings. The van der Waals surface area contributed by atoms with E-state index in [1.54, 1.807) is 32.0 Å². The van der Waals surface area contributed by atoms with Gasteiger partial charge in [0.2, 0.25) is 0 Å². The van der Waals surface area contributed by atoms with E-state index in [-0.39, 0.29) is 17.9 Å². The Balaban J connectivity index is 1.89. The molecule has 0 N–H and O–H groups in total. The van der Waals surface area contributed by atoms with E-state index in [0.29, 0.717) is 27.2 Å². The highest BCUT2D eigenvalue weighted by atomic mass is 32.2. The molecule has 142 valence electrons. The first-order valence-electron chi connectivity index (χ1n) is 8.15. The second kappa shape index (κ2) is 7.64. The first-order chi connectivity index (χ1) is 12.8. The summed E-state index contributed by atoms with van der Waals surface area (Å²) in [5.41, 5.74) is 0.0814. The average Bonchev–Trinajstić information content (AvgIpc) is 2.94. The number of halogens is 3. The lowest BCUT2D eigenvalue weighted by Gasteiger charge is -2.11. The molecule has 0 amide bonds. The van der Waals surface area contributed by atoms with Gasteiger partial charge in [-0.2, -0.15) is 13.2 Å². The van der Waals surface area contributed by atoms with E-state index in [4.69, 9.17) is 9.15 Å². The molecule has 4 nitrogen and oxygen atoms in total. The maximum atomic E-state index is 13.1. The number of hydrogen-bond acceptors (Lipinski definition) is 5. The van der Waals surface area contributed by atoms with E-state index >= 15 is 0 Å². The lowest BCUT2D eigenvalue weighted by Crippen LogP contribution is -2.11. The monoisotopic (exact) mass is 395 g/mol. The fraction of sp³-hybridized carbons (Fsp3) is 0.263. The number of aromatic nitrogens is 1. The number of fused-ring (bicyclic) bond motifs is 1. The van der Waals surface area contributed by atoms with Gasteiger partial charge in [0.05, 0.1) is 6.61 Å². The summed E-state index contributed by atoms with van der Waals surface area (Å²) in [6.07, 6.45) is -3.37. The van der Waals surface area contributed by atoms with Crippen molar-refractivity contribution < 1.29 is 27.1 Å². The van der Waals surface area contributed by atoms with Crippen LogP contribution in [0.5, 0.6) is 0 Å². The predicted octanol–water partition coefficient (Wildman–Crippen LogP) is 5.62. The van der Waals surface area contributed by atoms with Crippen LogP contribution >= 0.6 is 11.8 Å². The van der Waals surface area contributed by atoms with Gasteiger partial charge in [-0.15, -0.1) is 11.8 Å². The standard InChI is InChI=1S/C19H16F3NO3S/c1-3-25-18(24)16-11(2)26-15-7-6-13(9-14(15)16)27-10-12-5-4-8-23-17(12)19(20,21)22/h4-9H,3,10H2,1-2H3. The van der Waals surface area contributed by atoms with Crippen molar-refractivity contribution >= 4 is 28.7 Å². The molecule has 2 heterocycles. The molecule has 0 unspecified atom stereocenters. The normalized spacial score (nSPS) is 11.7. The van der Waals surface area contributed by atoms with Gasteiger partial charge in [-0.05, 0) is 43.7 Å². The number of rotatable bonds is 5. The molecule has 0 saturated carbocycles. The number of carbonyl (C=O) groups is 1. The van der Waals surface area contributed by atoms with Gasteiger partial charge in [-0.1, -0.05) is 6.07 Å². The number of pyridine rings is 1. The number of alkyl halides is 3. The van der Waals surface area contributed by atoms with E-state index in [1.807, 2.05) is 0 Å². The topological polar surface area (TPSA) is 52.3 Å². The van der Waals surface area contributed by atoms with Crippen LogP contribution in [0.2, 0.25) is 0 Å². The number of thioether (sulfide) groups is 1. The van der Waals surface area contributed by atoms with Gasteiger partial charge in [0, 0.05) is 22.2 Å². The number of benzene rings is 1. The first-order valence-corrected chi connectivity index (χ1v) is 9.14. The lowest BCUT2D eigenvalue weighted by molar-refractivity contribution is -0.141. The van der Waals surface area contributed by atoms with Crippen molar-refractivity contribution in [2.75, 3.05) is 6.61 Å². The molecule has 8 heteroatoms. The molecule has 3 rings (SSSR count). The molecule has 1 aromatic carbocycles. The third kappa shape index (κ3) is 4.10.